The number of ether oxygens (including phenoxy) is 1. The summed E-state index contributed by atoms with van der Waals surface area (Å²) in [5, 5.41) is 5.20. The zero-order chi connectivity index (χ0) is 19.1. The molecule has 1 aromatic heterocycles. The van der Waals surface area contributed by atoms with Gasteiger partial charge in [0.25, 0.3) is 0 Å². The average molecular weight is 373 g/mol. The van der Waals surface area contributed by atoms with Crippen LogP contribution in [-0.4, -0.2) is 42.4 Å². The summed E-state index contributed by atoms with van der Waals surface area (Å²) in [6.07, 6.45) is 3.12. The number of aromatic nitrogens is 1. The number of nitrogens with zero attached hydrogens (tertiary/aromatic N) is 2. The van der Waals surface area contributed by atoms with Crippen LogP contribution < -0.4 is 10.1 Å². The third-order valence-corrected chi connectivity index (χ3v) is 4.40. The third kappa shape index (κ3) is 5.70. The molecule has 0 bridgehead atoms. The van der Waals surface area contributed by atoms with Crippen LogP contribution in [0.5, 0.6) is 5.75 Å². The van der Waals surface area contributed by atoms with Crippen molar-refractivity contribution >= 4 is 34.4 Å². The number of likely N-dealkylation sites (N-methyl/N-ethyl adjacent to an activating group) is 1. The minimum Gasteiger partial charge on any atom is -0.497 e. The molecule has 2 aromatic rings. The fourth-order valence-electron chi connectivity index (χ4n) is 2.10. The number of amides is 2. The predicted molar refractivity (Wildman–Crippen MR) is 104 cm³/mol. The summed E-state index contributed by atoms with van der Waals surface area (Å²) in [5.41, 5.74) is 1.79. The Bertz CT molecular complexity index is 799. The number of carbonyl (C=O) groups is 2. The van der Waals surface area contributed by atoms with Crippen molar-refractivity contribution in [3.05, 3.63) is 47.0 Å². The van der Waals surface area contributed by atoms with Crippen LogP contribution >= 0.6 is 11.3 Å². The summed E-state index contributed by atoms with van der Waals surface area (Å²) in [5.74, 6) is 0.490. The molecule has 2 amide bonds. The summed E-state index contributed by atoms with van der Waals surface area (Å²) < 4.78 is 5.15. The lowest BCUT2D eigenvalue weighted by Crippen LogP contribution is -2.33. The maximum absolute atomic E-state index is 12.2. The van der Waals surface area contributed by atoms with Gasteiger partial charge in [0.1, 0.15) is 5.75 Å². The highest BCUT2D eigenvalue weighted by Gasteiger charge is 2.13. The highest BCUT2D eigenvalue weighted by atomic mass is 32.1. The molecule has 0 aliphatic rings. The number of nitrogens with one attached hydrogen (secondary N) is 1. The third-order valence-electron chi connectivity index (χ3n) is 3.63. The van der Waals surface area contributed by atoms with Crippen LogP contribution in [0.25, 0.3) is 6.08 Å². The molecule has 7 heteroatoms. The van der Waals surface area contributed by atoms with E-state index in [9.17, 15) is 9.59 Å². The van der Waals surface area contributed by atoms with Gasteiger partial charge >= 0.3 is 0 Å². The van der Waals surface area contributed by atoms with Gasteiger partial charge in [0.2, 0.25) is 11.8 Å². The van der Waals surface area contributed by atoms with E-state index in [-0.39, 0.29) is 18.4 Å². The van der Waals surface area contributed by atoms with Crippen LogP contribution in [0.3, 0.4) is 0 Å². The molecule has 6 nitrogen and oxygen atoms in total. The Morgan fingerprint density at radius 1 is 1.38 bits per heavy atom. The van der Waals surface area contributed by atoms with Gasteiger partial charge in [-0.1, -0.05) is 26.0 Å². The largest absolute Gasteiger partial charge is 0.497 e. The Morgan fingerprint density at radius 2 is 2.15 bits per heavy atom. The number of carbonyl (C=O) groups excluding carboxylic acids is 2. The van der Waals surface area contributed by atoms with Crippen molar-refractivity contribution in [3.63, 3.8) is 0 Å². The fourth-order valence-corrected chi connectivity index (χ4v) is 2.99. The first-order valence-electron chi connectivity index (χ1n) is 8.21. The summed E-state index contributed by atoms with van der Waals surface area (Å²) in [6, 6.07) is 7.37. The first kappa shape index (κ1) is 19.7. The van der Waals surface area contributed by atoms with E-state index >= 15 is 0 Å². The highest BCUT2D eigenvalue weighted by molar-refractivity contribution is 7.13. The Morgan fingerprint density at radius 3 is 2.81 bits per heavy atom. The molecule has 0 fully saturated rings. The standard InChI is InChI=1S/C19H23N3O3S/c1-13(2)16-12-26-19(20-16)21-17(23)11-22(3)18(24)9-8-14-6-5-7-15(10-14)25-4/h5-10,12-13H,11H2,1-4H3,(H,20,21,23)/b9-8+. The quantitative estimate of drug-likeness (QED) is 0.755. The molecule has 0 spiro atoms. The molecular weight excluding hydrogens is 350 g/mol. The molecule has 0 radical (unpaired) electrons. The lowest BCUT2D eigenvalue weighted by molar-refractivity contribution is -0.129. The lowest BCUT2D eigenvalue weighted by atomic mass is 10.2. The van der Waals surface area contributed by atoms with E-state index in [4.69, 9.17) is 4.74 Å². The molecule has 138 valence electrons. The van der Waals surface area contributed by atoms with E-state index in [1.54, 1.807) is 20.2 Å². The highest BCUT2D eigenvalue weighted by Crippen LogP contribution is 2.21. The fraction of sp³-hybridized carbons (Fsp3) is 0.316. The van der Waals surface area contributed by atoms with Crippen molar-refractivity contribution in [1.82, 2.24) is 9.88 Å². The maximum atomic E-state index is 12.2. The van der Waals surface area contributed by atoms with Crippen molar-refractivity contribution in [2.75, 3.05) is 26.0 Å². The molecule has 0 unspecified atom stereocenters. The zero-order valence-electron chi connectivity index (χ0n) is 15.4. The second kappa shape index (κ2) is 9.15. The van der Waals surface area contributed by atoms with E-state index in [1.807, 2.05) is 43.5 Å². The summed E-state index contributed by atoms with van der Waals surface area (Å²) in [4.78, 5) is 30.0. The summed E-state index contributed by atoms with van der Waals surface area (Å²) in [6.45, 7) is 4.04. The molecule has 0 saturated heterocycles. The first-order valence-corrected chi connectivity index (χ1v) is 9.09. The number of thiazole rings is 1. The van der Waals surface area contributed by atoms with Gasteiger partial charge < -0.3 is 15.0 Å². The maximum Gasteiger partial charge on any atom is 0.246 e. The van der Waals surface area contributed by atoms with Crippen molar-refractivity contribution in [2.45, 2.75) is 19.8 Å². The number of anilines is 1. The van der Waals surface area contributed by atoms with E-state index < -0.39 is 0 Å². The monoisotopic (exact) mass is 373 g/mol. The van der Waals surface area contributed by atoms with Crippen LogP contribution in [0.15, 0.2) is 35.7 Å². The molecule has 0 atom stereocenters. The Hall–Kier alpha value is -2.67. The van der Waals surface area contributed by atoms with Crippen molar-refractivity contribution < 1.29 is 14.3 Å². The SMILES string of the molecule is COc1cccc(/C=C/C(=O)N(C)CC(=O)Nc2nc(C(C)C)cs2)c1. The van der Waals surface area contributed by atoms with Crippen molar-refractivity contribution in [1.29, 1.82) is 0 Å². The molecular formula is C19H23N3O3S. The first-order chi connectivity index (χ1) is 12.4. The number of hydrogen-bond acceptors (Lipinski definition) is 5. The van der Waals surface area contributed by atoms with Gasteiger partial charge in [-0.2, -0.15) is 0 Å². The molecule has 1 heterocycles. The minimum atomic E-state index is -0.278. The van der Waals surface area contributed by atoms with Gasteiger partial charge in [-0.3, -0.25) is 9.59 Å². The predicted octanol–water partition coefficient (Wildman–Crippen LogP) is 3.39. The van der Waals surface area contributed by atoms with Crippen LogP contribution in [0.4, 0.5) is 5.13 Å². The second-order valence-corrected chi connectivity index (χ2v) is 6.94. The number of benzene rings is 1. The molecule has 0 aliphatic heterocycles. The van der Waals surface area contributed by atoms with Crippen LogP contribution in [0.1, 0.15) is 31.0 Å². The van der Waals surface area contributed by atoms with E-state index in [1.165, 1.54) is 22.3 Å². The van der Waals surface area contributed by atoms with E-state index in [0.29, 0.717) is 11.0 Å². The lowest BCUT2D eigenvalue weighted by Gasteiger charge is -2.14. The average Bonchev–Trinajstić information content (AvgIpc) is 3.08. The topological polar surface area (TPSA) is 71.5 Å². The van der Waals surface area contributed by atoms with Crippen LogP contribution in [0.2, 0.25) is 0 Å². The molecule has 1 aromatic carbocycles. The van der Waals surface area contributed by atoms with Gasteiger partial charge in [0.05, 0.1) is 19.3 Å². The molecule has 0 aliphatic carbocycles. The van der Waals surface area contributed by atoms with Crippen molar-refractivity contribution in [3.8, 4) is 5.75 Å². The minimum absolute atomic E-state index is 0.0438. The molecule has 26 heavy (non-hydrogen) atoms. The number of rotatable bonds is 7. The smallest absolute Gasteiger partial charge is 0.246 e. The Balaban J connectivity index is 1.88. The van der Waals surface area contributed by atoms with Crippen LogP contribution in [0, 0.1) is 0 Å². The van der Waals surface area contributed by atoms with Crippen molar-refractivity contribution in [2.24, 2.45) is 0 Å². The summed E-state index contributed by atoms with van der Waals surface area (Å²) >= 11 is 1.38. The normalized spacial score (nSPS) is 11.0. The molecule has 2 rings (SSSR count). The van der Waals surface area contributed by atoms with Gasteiger partial charge in [-0.15, -0.1) is 11.3 Å². The van der Waals surface area contributed by atoms with Gasteiger partial charge in [-0.05, 0) is 29.7 Å². The Labute approximate surface area is 157 Å². The van der Waals surface area contributed by atoms with Gasteiger partial charge in [-0.25, -0.2) is 4.98 Å². The number of methoxy groups -OCH3 is 1. The van der Waals surface area contributed by atoms with Gasteiger partial charge in [0, 0.05) is 18.5 Å². The zero-order valence-corrected chi connectivity index (χ0v) is 16.2. The second-order valence-electron chi connectivity index (χ2n) is 6.08. The van der Waals surface area contributed by atoms with E-state index in [0.717, 1.165) is 17.0 Å². The summed E-state index contributed by atoms with van der Waals surface area (Å²) in [7, 11) is 3.17. The van der Waals surface area contributed by atoms with Gasteiger partial charge in [0.15, 0.2) is 5.13 Å². The molecule has 1 N–H and O–H groups in total. The van der Waals surface area contributed by atoms with Crippen LogP contribution in [-0.2, 0) is 9.59 Å². The van der Waals surface area contributed by atoms with E-state index in [2.05, 4.69) is 10.3 Å². The molecule has 0 saturated carbocycles. The Kier molecular flexibility index (Phi) is 6.91. The number of hydrogen-bond donors (Lipinski definition) is 1.